The molecule has 4 amide bonds. The zero-order chi connectivity index (χ0) is 23.3. The van der Waals surface area contributed by atoms with Crippen molar-refractivity contribution in [2.45, 2.75) is 20.3 Å². The lowest BCUT2D eigenvalue weighted by Gasteiger charge is -2.19. The maximum absolute atomic E-state index is 12.4. The molecule has 0 aliphatic carbocycles. The van der Waals surface area contributed by atoms with Crippen molar-refractivity contribution in [1.29, 1.82) is 0 Å². The minimum atomic E-state index is -0.401. The van der Waals surface area contributed by atoms with Crippen LogP contribution in [0.5, 0.6) is 5.75 Å². The molecule has 0 bridgehead atoms. The zero-order valence-electron chi connectivity index (χ0n) is 17.9. The quantitative estimate of drug-likeness (QED) is 0.583. The highest BCUT2D eigenvalue weighted by molar-refractivity contribution is 6.32. The van der Waals surface area contributed by atoms with Crippen molar-refractivity contribution in [1.82, 2.24) is 9.80 Å². The van der Waals surface area contributed by atoms with Gasteiger partial charge in [-0.2, -0.15) is 0 Å². The van der Waals surface area contributed by atoms with Gasteiger partial charge in [-0.3, -0.25) is 24.1 Å². The van der Waals surface area contributed by atoms with E-state index >= 15 is 0 Å². The Morgan fingerprint density at radius 2 is 1.66 bits per heavy atom. The van der Waals surface area contributed by atoms with E-state index in [2.05, 4.69) is 5.32 Å². The number of fused-ring (bicyclic) bond motifs is 1. The lowest BCUT2D eigenvalue weighted by Crippen LogP contribution is -2.34. The van der Waals surface area contributed by atoms with Gasteiger partial charge in [0, 0.05) is 31.7 Å². The molecule has 32 heavy (non-hydrogen) atoms. The normalized spacial score (nSPS) is 12.5. The van der Waals surface area contributed by atoms with Crippen LogP contribution in [0.25, 0.3) is 0 Å². The fraction of sp³-hybridized carbons (Fsp3) is 0.304. The summed E-state index contributed by atoms with van der Waals surface area (Å²) in [5, 5.41) is 2.93. The van der Waals surface area contributed by atoms with Crippen LogP contribution in [-0.4, -0.2) is 59.7 Å². The Morgan fingerprint density at radius 3 is 2.22 bits per heavy atom. The van der Waals surface area contributed by atoms with E-state index in [1.807, 2.05) is 13.8 Å². The van der Waals surface area contributed by atoms with Crippen LogP contribution in [0.15, 0.2) is 42.5 Å². The standard InChI is InChI=1S/C23H24ClN3O5/c1-3-26(4-2)21(29)14-32-19-10-9-15(13-18(19)24)25-20(28)11-12-27-22(30)16-7-5-6-8-17(16)23(27)31/h5-10,13H,3-4,11-12,14H2,1-2H3,(H,25,28). The lowest BCUT2D eigenvalue weighted by atomic mass is 10.1. The molecular weight excluding hydrogens is 434 g/mol. The molecular formula is C23H24ClN3O5. The summed E-state index contributed by atoms with van der Waals surface area (Å²) in [7, 11) is 0. The molecule has 0 fully saturated rings. The lowest BCUT2D eigenvalue weighted by molar-refractivity contribution is -0.133. The molecule has 2 aromatic carbocycles. The first-order valence-electron chi connectivity index (χ1n) is 10.3. The van der Waals surface area contributed by atoms with Crippen LogP contribution in [0.2, 0.25) is 5.02 Å². The summed E-state index contributed by atoms with van der Waals surface area (Å²) >= 11 is 6.22. The predicted molar refractivity (Wildman–Crippen MR) is 120 cm³/mol. The summed E-state index contributed by atoms with van der Waals surface area (Å²) in [6.07, 6.45) is -0.0558. The van der Waals surface area contributed by atoms with E-state index in [0.29, 0.717) is 35.7 Å². The topological polar surface area (TPSA) is 96.0 Å². The Kier molecular flexibility index (Phi) is 7.48. The molecule has 1 aliphatic rings. The van der Waals surface area contributed by atoms with E-state index < -0.39 is 11.8 Å². The molecule has 0 saturated carbocycles. The van der Waals surface area contributed by atoms with Gasteiger partial charge in [-0.25, -0.2) is 0 Å². The van der Waals surface area contributed by atoms with E-state index in [1.54, 1.807) is 41.3 Å². The Morgan fingerprint density at radius 1 is 1.03 bits per heavy atom. The second kappa shape index (κ2) is 10.3. The van der Waals surface area contributed by atoms with Gasteiger partial charge in [0.2, 0.25) is 5.91 Å². The highest BCUT2D eigenvalue weighted by Gasteiger charge is 2.34. The molecule has 3 rings (SSSR count). The van der Waals surface area contributed by atoms with E-state index in [1.165, 1.54) is 6.07 Å². The molecule has 168 valence electrons. The number of imide groups is 1. The summed E-state index contributed by atoms with van der Waals surface area (Å²) in [6.45, 7) is 4.81. The first-order chi connectivity index (χ1) is 15.3. The summed E-state index contributed by atoms with van der Waals surface area (Å²) in [6, 6.07) is 11.3. The number of anilines is 1. The van der Waals surface area contributed by atoms with Gasteiger partial charge in [0.15, 0.2) is 6.61 Å². The van der Waals surface area contributed by atoms with Crippen molar-refractivity contribution >= 4 is 40.9 Å². The molecule has 0 saturated heterocycles. The second-order valence-electron chi connectivity index (χ2n) is 7.11. The molecule has 1 aliphatic heterocycles. The summed E-state index contributed by atoms with van der Waals surface area (Å²) in [5.74, 6) is -0.986. The van der Waals surface area contributed by atoms with Gasteiger partial charge in [-0.1, -0.05) is 23.7 Å². The Labute approximate surface area is 191 Å². The number of hydrogen-bond donors (Lipinski definition) is 1. The van der Waals surface area contributed by atoms with Gasteiger partial charge in [0.25, 0.3) is 17.7 Å². The molecule has 1 heterocycles. The molecule has 0 atom stereocenters. The van der Waals surface area contributed by atoms with Gasteiger partial charge in [-0.05, 0) is 44.2 Å². The summed E-state index contributed by atoms with van der Waals surface area (Å²) < 4.78 is 5.50. The fourth-order valence-corrected chi connectivity index (χ4v) is 3.62. The minimum Gasteiger partial charge on any atom is -0.482 e. The zero-order valence-corrected chi connectivity index (χ0v) is 18.6. The Bertz CT molecular complexity index is 1020. The number of amides is 4. The van der Waals surface area contributed by atoms with Gasteiger partial charge in [-0.15, -0.1) is 0 Å². The number of likely N-dealkylation sites (N-methyl/N-ethyl adjacent to an activating group) is 1. The van der Waals surface area contributed by atoms with Crippen LogP contribution >= 0.6 is 11.6 Å². The number of carbonyl (C=O) groups is 4. The highest BCUT2D eigenvalue weighted by atomic mass is 35.5. The average molecular weight is 458 g/mol. The number of benzene rings is 2. The van der Waals surface area contributed by atoms with E-state index in [0.717, 1.165) is 4.90 Å². The average Bonchev–Trinajstić information content (AvgIpc) is 3.02. The van der Waals surface area contributed by atoms with Crippen molar-refractivity contribution in [3.63, 3.8) is 0 Å². The Balaban J connectivity index is 1.53. The molecule has 8 nitrogen and oxygen atoms in total. The molecule has 0 radical (unpaired) electrons. The SMILES string of the molecule is CCN(CC)C(=O)COc1ccc(NC(=O)CCN2C(=O)c3ccccc3C2=O)cc1Cl. The van der Waals surface area contributed by atoms with Crippen LogP contribution in [0.4, 0.5) is 5.69 Å². The van der Waals surface area contributed by atoms with Crippen molar-refractivity contribution in [2.75, 3.05) is 31.6 Å². The third kappa shape index (κ3) is 5.08. The monoisotopic (exact) mass is 457 g/mol. The van der Waals surface area contributed by atoms with Crippen LogP contribution in [0, 0.1) is 0 Å². The van der Waals surface area contributed by atoms with E-state index in [9.17, 15) is 19.2 Å². The minimum absolute atomic E-state index is 0.0272. The van der Waals surface area contributed by atoms with Gasteiger partial charge in [0.05, 0.1) is 16.1 Å². The molecule has 1 N–H and O–H groups in total. The largest absolute Gasteiger partial charge is 0.482 e. The van der Waals surface area contributed by atoms with Gasteiger partial charge in [0.1, 0.15) is 5.75 Å². The fourth-order valence-electron chi connectivity index (χ4n) is 3.38. The van der Waals surface area contributed by atoms with Crippen LogP contribution in [-0.2, 0) is 9.59 Å². The van der Waals surface area contributed by atoms with E-state index in [-0.39, 0.29) is 36.4 Å². The molecule has 2 aromatic rings. The smallest absolute Gasteiger partial charge is 0.261 e. The second-order valence-corrected chi connectivity index (χ2v) is 7.51. The number of hydrogen-bond acceptors (Lipinski definition) is 5. The summed E-state index contributed by atoms with van der Waals surface area (Å²) in [5.41, 5.74) is 1.13. The third-order valence-corrected chi connectivity index (χ3v) is 5.42. The number of nitrogens with one attached hydrogen (secondary N) is 1. The predicted octanol–water partition coefficient (Wildman–Crippen LogP) is 3.21. The first-order valence-corrected chi connectivity index (χ1v) is 10.7. The van der Waals surface area contributed by atoms with Crippen molar-refractivity contribution in [3.05, 3.63) is 58.6 Å². The molecule has 0 aromatic heterocycles. The van der Waals surface area contributed by atoms with Crippen molar-refractivity contribution < 1.29 is 23.9 Å². The van der Waals surface area contributed by atoms with Crippen molar-refractivity contribution in [3.8, 4) is 5.75 Å². The number of halogens is 1. The first kappa shape index (κ1) is 23.3. The number of ether oxygens (including phenoxy) is 1. The van der Waals surface area contributed by atoms with Crippen LogP contribution < -0.4 is 10.1 Å². The number of carbonyl (C=O) groups excluding carboxylic acids is 4. The molecule has 9 heteroatoms. The molecule has 0 unspecified atom stereocenters. The number of rotatable bonds is 9. The Hall–Kier alpha value is -3.39. The maximum atomic E-state index is 12.4. The van der Waals surface area contributed by atoms with Crippen LogP contribution in [0.3, 0.4) is 0 Å². The van der Waals surface area contributed by atoms with Gasteiger partial charge < -0.3 is 15.0 Å². The summed E-state index contributed by atoms with van der Waals surface area (Å²) in [4.78, 5) is 51.8. The number of nitrogens with zero attached hydrogens (tertiary/aromatic N) is 2. The van der Waals surface area contributed by atoms with Gasteiger partial charge >= 0.3 is 0 Å². The van der Waals surface area contributed by atoms with E-state index in [4.69, 9.17) is 16.3 Å². The van der Waals surface area contributed by atoms with Crippen LogP contribution in [0.1, 0.15) is 41.0 Å². The highest BCUT2D eigenvalue weighted by Crippen LogP contribution is 2.28. The third-order valence-electron chi connectivity index (χ3n) is 5.12. The maximum Gasteiger partial charge on any atom is 0.261 e. The van der Waals surface area contributed by atoms with Crippen molar-refractivity contribution in [2.24, 2.45) is 0 Å². The molecule has 0 spiro atoms.